The lowest BCUT2D eigenvalue weighted by atomic mass is 10.1. The number of amides is 2. The Labute approximate surface area is 282 Å². The van der Waals surface area contributed by atoms with Crippen molar-refractivity contribution in [2.45, 2.75) is 13.1 Å². The number of fused-ring (bicyclic) bond motifs is 2. The maximum atomic E-state index is 12.9. The van der Waals surface area contributed by atoms with Gasteiger partial charge in [-0.25, -0.2) is 0 Å². The largest absolute Gasteiger partial charge is 0.337 e. The van der Waals surface area contributed by atoms with Gasteiger partial charge in [-0.15, -0.1) is 0 Å². The van der Waals surface area contributed by atoms with Crippen LogP contribution in [-0.4, -0.2) is 88.8 Å². The van der Waals surface area contributed by atoms with E-state index in [0.717, 1.165) is 61.8 Å². The van der Waals surface area contributed by atoms with Crippen molar-refractivity contribution in [3.63, 3.8) is 0 Å². The lowest BCUT2D eigenvalue weighted by molar-refractivity contribution is -0.128. The van der Waals surface area contributed by atoms with Gasteiger partial charge in [-0.2, -0.15) is 0 Å². The summed E-state index contributed by atoms with van der Waals surface area (Å²) in [4.78, 5) is 39.4. The van der Waals surface area contributed by atoms with E-state index >= 15 is 0 Å². The Morgan fingerprint density at radius 2 is 0.917 bits per heavy atom. The van der Waals surface area contributed by atoms with Gasteiger partial charge in [0.05, 0.1) is 11.4 Å². The van der Waals surface area contributed by atoms with Crippen LogP contribution in [0.25, 0.3) is 33.7 Å². The molecule has 0 aliphatic carbocycles. The Hall–Kier alpha value is -5.11. The zero-order chi connectivity index (χ0) is 32.7. The van der Waals surface area contributed by atoms with Gasteiger partial charge in [-0.05, 0) is 69.1 Å². The van der Waals surface area contributed by atoms with E-state index in [1.165, 1.54) is 21.5 Å². The molecule has 5 aromatic rings. The summed E-state index contributed by atoms with van der Waals surface area (Å²) in [6, 6.07) is 35.3. The lowest BCUT2D eigenvalue weighted by Gasteiger charge is -2.34. The summed E-state index contributed by atoms with van der Waals surface area (Å²) < 4.78 is 0. The second kappa shape index (κ2) is 14.8. The monoisotopic (exact) mass is 635 g/mol. The minimum atomic E-state index is 0.0608. The first-order valence-electron chi connectivity index (χ1n) is 16.9. The number of benzene rings is 4. The van der Waals surface area contributed by atoms with Crippen LogP contribution in [-0.2, 0) is 22.7 Å². The number of hydrogen-bond donors (Lipinski definition) is 0. The van der Waals surface area contributed by atoms with Crippen LogP contribution in [0.3, 0.4) is 0 Å². The fourth-order valence-electron chi connectivity index (χ4n) is 6.59. The number of nitrogens with zero attached hydrogens (tertiary/aromatic N) is 5. The number of hydrogen-bond acceptors (Lipinski definition) is 5. The van der Waals surface area contributed by atoms with Crippen LogP contribution in [0.2, 0.25) is 0 Å². The van der Waals surface area contributed by atoms with Crippen LogP contribution in [0.15, 0.2) is 115 Å². The van der Waals surface area contributed by atoms with Crippen LogP contribution >= 0.6 is 0 Å². The fraction of sp³-hybridized carbons (Fsp3) is 0.244. The molecule has 2 amide bonds. The van der Waals surface area contributed by atoms with Crippen molar-refractivity contribution in [3.05, 3.63) is 138 Å². The van der Waals surface area contributed by atoms with Gasteiger partial charge in [0, 0.05) is 77.6 Å². The Morgan fingerprint density at radius 1 is 0.500 bits per heavy atom. The van der Waals surface area contributed by atoms with Crippen molar-refractivity contribution >= 4 is 45.5 Å². The molecule has 2 aliphatic heterocycles. The molecule has 0 saturated carbocycles. The van der Waals surface area contributed by atoms with E-state index in [1.54, 1.807) is 12.2 Å². The topological polar surface area (TPSA) is 60.0 Å². The minimum Gasteiger partial charge on any atom is -0.337 e. The van der Waals surface area contributed by atoms with Gasteiger partial charge in [0.2, 0.25) is 11.8 Å². The average Bonchev–Trinajstić information content (AvgIpc) is 3.13. The lowest BCUT2D eigenvalue weighted by Crippen LogP contribution is -2.48. The molecule has 242 valence electrons. The maximum absolute atomic E-state index is 12.9. The summed E-state index contributed by atoms with van der Waals surface area (Å²) in [6.45, 7) is 7.69. The maximum Gasteiger partial charge on any atom is 0.246 e. The van der Waals surface area contributed by atoms with E-state index in [1.807, 2.05) is 46.2 Å². The highest BCUT2D eigenvalue weighted by Gasteiger charge is 2.22. The van der Waals surface area contributed by atoms with Gasteiger partial charge in [0.1, 0.15) is 0 Å². The molecule has 7 heteroatoms. The number of carbonyl (C=O) groups is 2. The first kappa shape index (κ1) is 31.5. The molecule has 1 aromatic heterocycles. The molecule has 2 fully saturated rings. The average molecular weight is 636 g/mol. The van der Waals surface area contributed by atoms with Gasteiger partial charge >= 0.3 is 0 Å². The van der Waals surface area contributed by atoms with Gasteiger partial charge in [0.15, 0.2) is 0 Å². The van der Waals surface area contributed by atoms with Crippen LogP contribution in [0.1, 0.15) is 22.5 Å². The zero-order valence-corrected chi connectivity index (χ0v) is 27.2. The Morgan fingerprint density at radius 3 is 1.35 bits per heavy atom. The van der Waals surface area contributed by atoms with E-state index < -0.39 is 0 Å². The van der Waals surface area contributed by atoms with E-state index in [-0.39, 0.29) is 11.8 Å². The van der Waals surface area contributed by atoms with Crippen molar-refractivity contribution in [1.29, 1.82) is 0 Å². The van der Waals surface area contributed by atoms with Crippen LogP contribution in [0.5, 0.6) is 0 Å². The number of rotatable bonds is 8. The molecule has 0 bridgehead atoms. The molecule has 4 aromatic carbocycles. The highest BCUT2D eigenvalue weighted by Crippen LogP contribution is 2.18. The predicted octanol–water partition coefficient (Wildman–Crippen LogP) is 6.10. The Balaban J connectivity index is 0.849. The Kier molecular flexibility index (Phi) is 9.68. The molecule has 0 radical (unpaired) electrons. The summed E-state index contributed by atoms with van der Waals surface area (Å²) in [7, 11) is 0. The number of piperazine rings is 2. The molecule has 7 rings (SSSR count). The fourth-order valence-corrected chi connectivity index (χ4v) is 6.59. The molecular weight excluding hydrogens is 594 g/mol. The summed E-state index contributed by atoms with van der Waals surface area (Å²) in [5.41, 5.74) is 4.17. The van der Waals surface area contributed by atoms with E-state index in [9.17, 15) is 9.59 Å². The first-order valence-corrected chi connectivity index (χ1v) is 16.9. The van der Waals surface area contributed by atoms with Crippen LogP contribution in [0, 0.1) is 0 Å². The van der Waals surface area contributed by atoms with Gasteiger partial charge in [-0.3, -0.25) is 24.4 Å². The van der Waals surface area contributed by atoms with Gasteiger partial charge in [-0.1, -0.05) is 78.9 Å². The molecule has 2 aliphatic rings. The molecule has 48 heavy (non-hydrogen) atoms. The Bertz CT molecular complexity index is 1830. The standard InChI is InChI=1S/C41H41N5O2/c47-40(18-14-32-12-16-34-6-1-3-8-36(34)28-32)45-24-20-43(21-25-45)30-38-10-5-11-39(42-38)31-44-22-26-46(27-23-44)41(48)19-15-33-13-17-35-7-2-4-9-37(35)29-33/h1-19,28-29H,20-27,30-31H2. The minimum absolute atomic E-state index is 0.0608. The van der Waals surface area contributed by atoms with Crippen molar-refractivity contribution in [2.75, 3.05) is 52.4 Å². The smallest absolute Gasteiger partial charge is 0.246 e. The van der Waals surface area contributed by atoms with Crippen molar-refractivity contribution in [1.82, 2.24) is 24.6 Å². The van der Waals surface area contributed by atoms with Crippen molar-refractivity contribution in [2.24, 2.45) is 0 Å². The highest BCUT2D eigenvalue weighted by molar-refractivity contribution is 5.94. The second-order valence-electron chi connectivity index (χ2n) is 12.7. The predicted molar refractivity (Wildman–Crippen MR) is 194 cm³/mol. The molecule has 3 heterocycles. The second-order valence-corrected chi connectivity index (χ2v) is 12.7. The number of aromatic nitrogens is 1. The number of carbonyl (C=O) groups excluding carboxylic acids is 2. The van der Waals surface area contributed by atoms with E-state index in [0.29, 0.717) is 26.2 Å². The normalized spacial score (nSPS) is 16.4. The quantitative estimate of drug-likeness (QED) is 0.193. The first-order chi connectivity index (χ1) is 23.6. The summed E-state index contributed by atoms with van der Waals surface area (Å²) in [5, 5.41) is 4.75. The molecule has 0 unspecified atom stereocenters. The molecule has 0 spiro atoms. The SMILES string of the molecule is O=C(C=Cc1ccc2ccccc2c1)N1CCN(Cc2cccc(CN3CCN(C(=O)C=Cc4ccc5ccccc5c4)CC3)n2)CC1. The van der Waals surface area contributed by atoms with Gasteiger partial charge in [0.25, 0.3) is 0 Å². The summed E-state index contributed by atoms with van der Waals surface area (Å²) >= 11 is 0. The van der Waals surface area contributed by atoms with E-state index in [2.05, 4.69) is 88.7 Å². The third-order valence-corrected chi connectivity index (χ3v) is 9.39. The number of pyridine rings is 1. The van der Waals surface area contributed by atoms with Crippen LogP contribution in [0.4, 0.5) is 0 Å². The van der Waals surface area contributed by atoms with Crippen LogP contribution < -0.4 is 0 Å². The van der Waals surface area contributed by atoms with Crippen molar-refractivity contribution < 1.29 is 9.59 Å². The summed E-state index contributed by atoms with van der Waals surface area (Å²) in [6.07, 6.45) is 7.23. The van der Waals surface area contributed by atoms with Gasteiger partial charge < -0.3 is 9.80 Å². The third kappa shape index (κ3) is 7.88. The molecule has 7 nitrogen and oxygen atoms in total. The molecule has 0 N–H and O–H groups in total. The molecule has 0 atom stereocenters. The molecular formula is C41H41N5O2. The van der Waals surface area contributed by atoms with E-state index in [4.69, 9.17) is 4.98 Å². The third-order valence-electron chi connectivity index (χ3n) is 9.39. The summed E-state index contributed by atoms with van der Waals surface area (Å²) in [5.74, 6) is 0.122. The highest BCUT2D eigenvalue weighted by atomic mass is 16.2. The van der Waals surface area contributed by atoms with Crippen molar-refractivity contribution in [3.8, 4) is 0 Å². The zero-order valence-electron chi connectivity index (χ0n) is 27.2. The molecule has 2 saturated heterocycles.